The Morgan fingerprint density at radius 2 is 0.750 bits per heavy atom. The molecule has 0 radical (unpaired) electrons. The number of hydrogen-bond donors (Lipinski definition) is 0. The van der Waals surface area contributed by atoms with Crippen molar-refractivity contribution < 1.29 is 0 Å². The smallest absolute Gasteiger partial charge is 0.241 e. The van der Waals surface area contributed by atoms with Crippen molar-refractivity contribution in [3.8, 4) is 57.4 Å². The predicted octanol–water partition coefficient (Wildman–Crippen LogP) is 9.59. The lowest BCUT2D eigenvalue weighted by Crippen LogP contribution is -2.06. The summed E-state index contributed by atoms with van der Waals surface area (Å²) in [4.78, 5) is 38.1. The van der Waals surface area contributed by atoms with Gasteiger partial charge in [-0.05, 0) is 24.3 Å². The first-order chi connectivity index (χ1) is 29.7. The van der Waals surface area contributed by atoms with Gasteiger partial charge in [0.2, 0.25) is 23.5 Å². The molecule has 0 atom stereocenters. The van der Waals surface area contributed by atoms with Gasteiger partial charge in [-0.2, -0.15) is 19.9 Å². The molecule has 0 N–H and O–H groups in total. The summed E-state index contributed by atoms with van der Waals surface area (Å²) >= 11 is 0. The van der Waals surface area contributed by atoms with E-state index in [4.69, 9.17) is 34.9 Å². The van der Waals surface area contributed by atoms with Crippen LogP contribution < -0.4 is 0 Å². The maximum absolute atomic E-state index is 4.84. The van der Waals surface area contributed by atoms with Gasteiger partial charge < -0.3 is 0 Å². The average Bonchev–Trinajstić information content (AvgIpc) is 4.12. The molecule has 12 aromatic rings. The molecule has 0 aliphatic rings. The van der Waals surface area contributed by atoms with Crippen molar-refractivity contribution in [2.45, 2.75) is 0 Å². The summed E-state index contributed by atoms with van der Waals surface area (Å²) in [7, 11) is 0. The van der Waals surface area contributed by atoms with E-state index in [1.165, 1.54) is 0 Å². The van der Waals surface area contributed by atoms with Crippen LogP contribution in [-0.4, -0.2) is 57.8 Å². The largest absolute Gasteiger partial charge is 0.283 e. The summed E-state index contributed by atoms with van der Waals surface area (Å²) in [6.45, 7) is 0. The summed E-state index contributed by atoms with van der Waals surface area (Å²) < 4.78 is 7.98. The second-order valence-electron chi connectivity index (χ2n) is 13.9. The van der Waals surface area contributed by atoms with Gasteiger partial charge in [-0.25, -0.2) is 24.5 Å². The monoisotopic (exact) mass is 776 g/mol. The maximum atomic E-state index is 4.84. The summed E-state index contributed by atoms with van der Waals surface area (Å²) in [5.74, 6) is 5.11. The van der Waals surface area contributed by atoms with E-state index in [0.29, 0.717) is 35.2 Å². The molecule has 0 fully saturated rings. The number of nitrogens with zero attached hydrogens (tertiary/aromatic N) is 12. The SMILES string of the molecule is c1ccc(-c2nc(-c3ccccc3)nc(-n3c4ccccc4n4ccnc34)n2)cc1.c1ccc(-c2nc(-c3ccccc3)nc(-n3ccn4c5ccccc5nc34)n2)cc1. The molecule has 6 heterocycles. The first-order valence-electron chi connectivity index (χ1n) is 19.4. The third-order valence-corrected chi connectivity index (χ3v) is 10.2. The zero-order valence-electron chi connectivity index (χ0n) is 31.8. The Morgan fingerprint density at radius 1 is 0.317 bits per heavy atom. The van der Waals surface area contributed by atoms with Crippen molar-refractivity contribution >= 4 is 33.6 Å². The quantitative estimate of drug-likeness (QED) is 0.164. The lowest BCUT2D eigenvalue weighted by atomic mass is 10.2. The van der Waals surface area contributed by atoms with Crippen molar-refractivity contribution in [2.24, 2.45) is 0 Å². The average molecular weight is 777 g/mol. The van der Waals surface area contributed by atoms with Gasteiger partial charge in [-0.3, -0.25) is 13.4 Å². The van der Waals surface area contributed by atoms with Crippen LogP contribution in [0.5, 0.6) is 0 Å². The van der Waals surface area contributed by atoms with Crippen molar-refractivity contribution in [3.05, 3.63) is 195 Å². The van der Waals surface area contributed by atoms with Gasteiger partial charge >= 0.3 is 0 Å². The zero-order valence-corrected chi connectivity index (χ0v) is 31.8. The molecule has 6 aromatic heterocycles. The third-order valence-electron chi connectivity index (χ3n) is 10.2. The standard InChI is InChI=1S/2C24H16N6/c1-3-9-17(10-4-1)21-26-22(18-11-5-2-6-12-18)28-23(27-21)30-16-15-29-20-14-8-7-13-19(20)25-24(29)30;1-3-9-17(10-4-1)21-26-22(18-11-5-2-6-12-18)28-23(27-21)30-20-14-8-7-13-19(20)29-16-15-25-24(29)30/h2*1-16H. The van der Waals surface area contributed by atoms with E-state index in [9.17, 15) is 0 Å². The molecule has 0 saturated heterocycles. The summed E-state index contributed by atoms with van der Waals surface area (Å²) in [5, 5.41) is 0. The van der Waals surface area contributed by atoms with E-state index in [0.717, 1.165) is 55.9 Å². The fourth-order valence-electron chi connectivity index (χ4n) is 7.32. The highest BCUT2D eigenvalue weighted by Gasteiger charge is 2.19. The van der Waals surface area contributed by atoms with E-state index < -0.39 is 0 Å². The van der Waals surface area contributed by atoms with Crippen molar-refractivity contribution in [2.75, 3.05) is 0 Å². The molecule has 0 unspecified atom stereocenters. The van der Waals surface area contributed by atoms with Gasteiger partial charge in [0.1, 0.15) is 0 Å². The fraction of sp³-hybridized carbons (Fsp3) is 0. The van der Waals surface area contributed by atoms with E-state index in [1.54, 1.807) is 6.20 Å². The molecular weight excluding hydrogens is 745 g/mol. The number of hydrogen-bond acceptors (Lipinski definition) is 8. The highest BCUT2D eigenvalue weighted by Crippen LogP contribution is 2.27. The van der Waals surface area contributed by atoms with Crippen LogP contribution in [0.15, 0.2) is 195 Å². The highest BCUT2D eigenvalue weighted by molar-refractivity contribution is 5.83. The molecule has 0 aliphatic carbocycles. The Bertz CT molecular complexity index is 3310. The van der Waals surface area contributed by atoms with Crippen LogP contribution in [0.4, 0.5) is 0 Å². The minimum atomic E-state index is 0.535. The first kappa shape index (κ1) is 34.6. The van der Waals surface area contributed by atoms with Crippen LogP contribution in [0, 0.1) is 0 Å². The fourth-order valence-corrected chi connectivity index (χ4v) is 7.32. The minimum Gasteiger partial charge on any atom is -0.283 e. The molecule has 0 amide bonds. The van der Waals surface area contributed by atoms with E-state index in [1.807, 2.05) is 188 Å². The number of imidazole rings is 4. The summed E-state index contributed by atoms with van der Waals surface area (Å²) in [6, 6.07) is 56.0. The molecule has 12 nitrogen and oxygen atoms in total. The van der Waals surface area contributed by atoms with Gasteiger partial charge in [-0.1, -0.05) is 146 Å². The highest BCUT2D eigenvalue weighted by atomic mass is 15.3. The molecule has 60 heavy (non-hydrogen) atoms. The minimum absolute atomic E-state index is 0.535. The van der Waals surface area contributed by atoms with Crippen LogP contribution in [0.3, 0.4) is 0 Å². The number of benzene rings is 6. The third kappa shape index (κ3) is 6.21. The van der Waals surface area contributed by atoms with E-state index >= 15 is 0 Å². The Hall–Kier alpha value is -8.64. The number of fused-ring (bicyclic) bond motifs is 6. The van der Waals surface area contributed by atoms with Crippen LogP contribution in [0.2, 0.25) is 0 Å². The Kier molecular flexibility index (Phi) is 8.48. The number of aromatic nitrogens is 12. The molecule has 12 heteroatoms. The van der Waals surface area contributed by atoms with Crippen LogP contribution in [0.25, 0.3) is 91.1 Å². The zero-order chi connectivity index (χ0) is 39.8. The molecule has 6 aromatic carbocycles. The predicted molar refractivity (Wildman–Crippen MR) is 233 cm³/mol. The molecule has 0 saturated carbocycles. The molecule has 0 spiro atoms. The Labute approximate surface area is 342 Å². The van der Waals surface area contributed by atoms with Crippen molar-refractivity contribution in [1.29, 1.82) is 0 Å². The van der Waals surface area contributed by atoms with Gasteiger partial charge in [0, 0.05) is 47.0 Å². The van der Waals surface area contributed by atoms with Crippen molar-refractivity contribution in [3.63, 3.8) is 0 Å². The Balaban J connectivity index is 0.000000136. The first-order valence-corrected chi connectivity index (χ1v) is 19.4. The van der Waals surface area contributed by atoms with Crippen LogP contribution >= 0.6 is 0 Å². The molecular formula is C48H32N12. The lowest BCUT2D eigenvalue weighted by Gasteiger charge is -2.09. The van der Waals surface area contributed by atoms with Gasteiger partial charge in [-0.15, -0.1) is 0 Å². The van der Waals surface area contributed by atoms with Gasteiger partial charge in [0.15, 0.2) is 23.3 Å². The second kappa shape index (κ2) is 14.7. The molecule has 0 bridgehead atoms. The normalized spacial score (nSPS) is 11.3. The number of rotatable bonds is 6. The second-order valence-corrected chi connectivity index (χ2v) is 13.9. The lowest BCUT2D eigenvalue weighted by molar-refractivity contribution is 0.919. The maximum Gasteiger partial charge on any atom is 0.241 e. The Morgan fingerprint density at radius 3 is 1.28 bits per heavy atom. The van der Waals surface area contributed by atoms with Crippen molar-refractivity contribution in [1.82, 2.24) is 57.8 Å². The molecule has 284 valence electrons. The molecule has 0 aliphatic heterocycles. The van der Waals surface area contributed by atoms with Crippen LogP contribution in [0.1, 0.15) is 0 Å². The summed E-state index contributed by atoms with van der Waals surface area (Å²) in [5.41, 5.74) is 7.78. The van der Waals surface area contributed by atoms with Gasteiger partial charge in [0.05, 0.1) is 22.1 Å². The molecule has 12 rings (SSSR count). The van der Waals surface area contributed by atoms with Gasteiger partial charge in [0.25, 0.3) is 0 Å². The summed E-state index contributed by atoms with van der Waals surface area (Å²) in [6.07, 6.45) is 7.66. The number of para-hydroxylation sites is 4. The van der Waals surface area contributed by atoms with E-state index in [-0.39, 0.29) is 0 Å². The van der Waals surface area contributed by atoms with E-state index in [2.05, 4.69) is 23.2 Å². The van der Waals surface area contributed by atoms with Crippen LogP contribution in [-0.2, 0) is 0 Å². The topological polar surface area (TPSA) is 122 Å².